The highest BCUT2D eigenvalue weighted by atomic mass is 32.2. The lowest BCUT2D eigenvalue weighted by Gasteiger charge is -2.10. The molecule has 1 aliphatic rings. The van der Waals surface area contributed by atoms with Crippen molar-refractivity contribution in [3.05, 3.63) is 10.5 Å². The van der Waals surface area contributed by atoms with Crippen LogP contribution in [0.4, 0.5) is 4.79 Å². The molecule has 8 heteroatoms. The molecule has 1 heterocycles. The molecule has 94 valence electrons. The summed E-state index contributed by atoms with van der Waals surface area (Å²) in [6, 6.07) is -0.351. The summed E-state index contributed by atoms with van der Waals surface area (Å²) in [6.45, 7) is 0. The SMILES string of the molecule is CSc1nn(C(=O)NC2CCCC2)c(=O)n1N. The van der Waals surface area contributed by atoms with Crippen LogP contribution >= 0.6 is 11.8 Å². The minimum atomic E-state index is -0.621. The van der Waals surface area contributed by atoms with Crippen molar-refractivity contribution in [1.29, 1.82) is 0 Å². The number of nitrogens with one attached hydrogen (secondary N) is 1. The van der Waals surface area contributed by atoms with Crippen molar-refractivity contribution in [3.8, 4) is 0 Å². The molecule has 17 heavy (non-hydrogen) atoms. The first-order valence-electron chi connectivity index (χ1n) is 5.45. The fourth-order valence-electron chi connectivity index (χ4n) is 1.94. The van der Waals surface area contributed by atoms with Crippen molar-refractivity contribution < 1.29 is 4.79 Å². The fourth-order valence-corrected chi connectivity index (χ4v) is 2.38. The highest BCUT2D eigenvalue weighted by Crippen LogP contribution is 2.17. The molecule has 0 bridgehead atoms. The minimum absolute atomic E-state index is 0.148. The summed E-state index contributed by atoms with van der Waals surface area (Å²) < 4.78 is 1.66. The largest absolute Gasteiger partial charge is 0.374 e. The van der Waals surface area contributed by atoms with E-state index in [2.05, 4.69) is 10.4 Å². The molecule has 1 amide bonds. The van der Waals surface area contributed by atoms with Gasteiger partial charge >= 0.3 is 11.7 Å². The summed E-state index contributed by atoms with van der Waals surface area (Å²) in [4.78, 5) is 23.4. The van der Waals surface area contributed by atoms with Crippen LogP contribution in [0.5, 0.6) is 0 Å². The molecule has 0 spiro atoms. The van der Waals surface area contributed by atoms with E-state index in [0.29, 0.717) is 5.16 Å². The van der Waals surface area contributed by atoms with E-state index in [4.69, 9.17) is 5.84 Å². The maximum absolute atomic E-state index is 11.8. The molecule has 0 radical (unpaired) electrons. The zero-order chi connectivity index (χ0) is 12.4. The number of nitrogens with two attached hydrogens (primary N) is 1. The van der Waals surface area contributed by atoms with E-state index in [1.54, 1.807) is 6.26 Å². The molecule has 1 aliphatic carbocycles. The Bertz CT molecular complexity index is 474. The molecule has 0 unspecified atom stereocenters. The van der Waals surface area contributed by atoms with Crippen molar-refractivity contribution in [2.75, 3.05) is 12.1 Å². The Morgan fingerprint density at radius 3 is 2.71 bits per heavy atom. The predicted molar refractivity (Wildman–Crippen MR) is 64.6 cm³/mol. The lowest BCUT2D eigenvalue weighted by molar-refractivity contribution is 0.234. The number of aromatic nitrogens is 3. The number of carbonyl (C=O) groups is 1. The zero-order valence-corrected chi connectivity index (χ0v) is 10.4. The average Bonchev–Trinajstić information content (AvgIpc) is 2.90. The van der Waals surface area contributed by atoms with E-state index in [0.717, 1.165) is 35.0 Å². The van der Waals surface area contributed by atoms with Gasteiger partial charge in [0.25, 0.3) is 0 Å². The Hall–Kier alpha value is -1.44. The Balaban J connectivity index is 2.16. The van der Waals surface area contributed by atoms with E-state index in [1.807, 2.05) is 0 Å². The highest BCUT2D eigenvalue weighted by Gasteiger charge is 2.21. The molecule has 0 atom stereocenters. The number of amides is 1. The monoisotopic (exact) mass is 257 g/mol. The summed E-state index contributed by atoms with van der Waals surface area (Å²) in [5.74, 6) is 5.48. The molecular weight excluding hydrogens is 242 g/mol. The first-order chi connectivity index (χ1) is 8.13. The van der Waals surface area contributed by atoms with E-state index in [-0.39, 0.29) is 6.04 Å². The van der Waals surface area contributed by atoms with Crippen molar-refractivity contribution in [1.82, 2.24) is 19.8 Å². The fraction of sp³-hybridized carbons (Fsp3) is 0.667. The normalized spacial score (nSPS) is 16.3. The van der Waals surface area contributed by atoms with Crippen molar-refractivity contribution in [2.24, 2.45) is 0 Å². The van der Waals surface area contributed by atoms with Crippen LogP contribution in [-0.4, -0.2) is 32.8 Å². The van der Waals surface area contributed by atoms with Gasteiger partial charge in [0.15, 0.2) is 0 Å². The predicted octanol–water partition coefficient (Wildman–Crippen LogP) is -0.0192. The van der Waals surface area contributed by atoms with Crippen LogP contribution in [-0.2, 0) is 0 Å². The molecular formula is C9H15N5O2S. The lowest BCUT2D eigenvalue weighted by atomic mass is 10.3. The van der Waals surface area contributed by atoms with Gasteiger partial charge in [-0.2, -0.15) is 4.68 Å². The summed E-state index contributed by atoms with van der Waals surface area (Å²) in [5.41, 5.74) is -0.621. The Kier molecular flexibility index (Phi) is 3.41. The second-order valence-corrected chi connectivity index (χ2v) is 4.76. The summed E-state index contributed by atoms with van der Waals surface area (Å²) in [5, 5.41) is 6.96. The Morgan fingerprint density at radius 2 is 2.18 bits per heavy atom. The minimum Gasteiger partial charge on any atom is -0.333 e. The molecule has 1 saturated carbocycles. The molecule has 1 aromatic heterocycles. The third-order valence-electron chi connectivity index (χ3n) is 2.84. The van der Waals surface area contributed by atoms with Crippen LogP contribution in [0, 0.1) is 0 Å². The summed E-state index contributed by atoms with van der Waals surface area (Å²) in [7, 11) is 0. The summed E-state index contributed by atoms with van der Waals surface area (Å²) >= 11 is 1.22. The van der Waals surface area contributed by atoms with Gasteiger partial charge in [-0.1, -0.05) is 24.6 Å². The number of nitrogens with zero attached hydrogens (tertiary/aromatic N) is 3. The number of nitrogen functional groups attached to an aromatic ring is 1. The molecule has 0 aliphatic heterocycles. The maximum atomic E-state index is 11.8. The second kappa shape index (κ2) is 4.82. The summed E-state index contributed by atoms with van der Waals surface area (Å²) in [6.07, 6.45) is 5.88. The topological polar surface area (TPSA) is 94.9 Å². The van der Waals surface area contributed by atoms with Crippen molar-refractivity contribution >= 4 is 17.8 Å². The maximum Gasteiger partial charge on any atom is 0.374 e. The smallest absolute Gasteiger partial charge is 0.333 e. The number of rotatable bonds is 2. The molecule has 3 N–H and O–H groups in total. The van der Waals surface area contributed by atoms with Gasteiger partial charge in [0, 0.05) is 6.04 Å². The van der Waals surface area contributed by atoms with Crippen molar-refractivity contribution in [2.45, 2.75) is 36.9 Å². The van der Waals surface area contributed by atoms with E-state index in [9.17, 15) is 9.59 Å². The van der Waals surface area contributed by atoms with Gasteiger partial charge in [0.05, 0.1) is 0 Å². The third-order valence-corrected chi connectivity index (χ3v) is 3.48. The molecule has 0 aromatic carbocycles. The average molecular weight is 257 g/mol. The van der Waals surface area contributed by atoms with Crippen LogP contribution in [0.1, 0.15) is 25.7 Å². The van der Waals surface area contributed by atoms with Crippen LogP contribution in [0.25, 0.3) is 0 Å². The quantitative estimate of drug-likeness (QED) is 0.573. The third kappa shape index (κ3) is 2.31. The molecule has 0 saturated heterocycles. The Labute approximate surface area is 102 Å². The van der Waals surface area contributed by atoms with Gasteiger partial charge in [-0.05, 0) is 19.1 Å². The van der Waals surface area contributed by atoms with Gasteiger partial charge in [-0.15, -0.1) is 9.78 Å². The number of hydrogen-bond donors (Lipinski definition) is 2. The lowest BCUT2D eigenvalue weighted by Crippen LogP contribution is -2.42. The van der Waals surface area contributed by atoms with Gasteiger partial charge < -0.3 is 11.2 Å². The molecule has 1 aromatic rings. The molecule has 2 rings (SSSR count). The van der Waals surface area contributed by atoms with Gasteiger partial charge in [-0.3, -0.25) is 0 Å². The van der Waals surface area contributed by atoms with E-state index >= 15 is 0 Å². The number of hydrogen-bond acceptors (Lipinski definition) is 5. The number of carbonyl (C=O) groups excluding carboxylic acids is 1. The van der Waals surface area contributed by atoms with Crippen molar-refractivity contribution in [3.63, 3.8) is 0 Å². The van der Waals surface area contributed by atoms with Gasteiger partial charge in [0.1, 0.15) is 0 Å². The van der Waals surface area contributed by atoms with E-state index < -0.39 is 11.7 Å². The van der Waals surface area contributed by atoms with Crippen LogP contribution in [0.3, 0.4) is 0 Å². The molecule has 1 fully saturated rings. The van der Waals surface area contributed by atoms with Gasteiger partial charge in [0.2, 0.25) is 5.16 Å². The molecule has 7 nitrogen and oxygen atoms in total. The zero-order valence-electron chi connectivity index (χ0n) is 9.55. The Morgan fingerprint density at radius 1 is 1.53 bits per heavy atom. The standard InChI is InChI=1S/C9H15N5O2S/c1-17-8-12-14(9(16)13(8)10)7(15)11-6-4-2-3-5-6/h6H,2-5,10H2,1H3,(H,11,15). The highest BCUT2D eigenvalue weighted by molar-refractivity contribution is 7.98. The van der Waals surface area contributed by atoms with Gasteiger partial charge in [-0.25, -0.2) is 9.59 Å². The first kappa shape index (κ1) is 12.0. The number of thioether (sulfide) groups is 1. The second-order valence-electron chi connectivity index (χ2n) is 3.98. The van der Waals surface area contributed by atoms with Crippen LogP contribution in [0.2, 0.25) is 0 Å². The van der Waals surface area contributed by atoms with E-state index in [1.165, 1.54) is 11.8 Å². The van der Waals surface area contributed by atoms with Crippen LogP contribution in [0.15, 0.2) is 9.95 Å². The first-order valence-corrected chi connectivity index (χ1v) is 6.68. The van der Waals surface area contributed by atoms with Crippen LogP contribution < -0.4 is 16.8 Å².